The minimum Gasteiger partial charge on any atom is -0.396 e. The van der Waals surface area contributed by atoms with E-state index in [1.165, 1.54) is 0 Å². The molecule has 2 nitrogen and oxygen atoms in total. The van der Waals surface area contributed by atoms with E-state index in [9.17, 15) is 0 Å². The van der Waals surface area contributed by atoms with Gasteiger partial charge < -0.3 is 10.2 Å². The summed E-state index contributed by atoms with van der Waals surface area (Å²) in [6.45, 7) is 0.418. The molecule has 0 aromatic heterocycles. The topological polar surface area (TPSA) is 40.5 Å². The number of aliphatic hydroxyl groups excluding tert-OH is 2. The molecule has 1 rings (SSSR count). The number of thioether (sulfide) groups is 2. The fourth-order valence-corrected chi connectivity index (χ4v) is 4.46. The molecule has 1 aliphatic rings. The second-order valence-corrected chi connectivity index (χ2v) is 5.69. The second-order valence-electron chi connectivity index (χ2n) is 3.16. The van der Waals surface area contributed by atoms with Crippen LogP contribution in [0.25, 0.3) is 0 Å². The first-order valence-electron chi connectivity index (χ1n) is 4.06. The molecule has 4 heteroatoms. The lowest BCUT2D eigenvalue weighted by Crippen LogP contribution is -2.52. The maximum absolute atomic E-state index is 9.15. The zero-order chi connectivity index (χ0) is 9.19. The highest BCUT2D eigenvalue weighted by molar-refractivity contribution is 8.17. The summed E-state index contributed by atoms with van der Waals surface area (Å²) in [4.78, 5) is 0. The zero-order valence-electron chi connectivity index (χ0n) is 7.49. The summed E-state index contributed by atoms with van der Waals surface area (Å²) >= 11 is 3.61. The van der Waals surface area contributed by atoms with Crippen LogP contribution in [0.1, 0.15) is 6.42 Å². The van der Waals surface area contributed by atoms with E-state index in [1.54, 1.807) is 23.5 Å². The van der Waals surface area contributed by atoms with Crippen molar-refractivity contribution in [2.75, 3.05) is 25.7 Å². The lowest BCUT2D eigenvalue weighted by atomic mass is 9.73. The van der Waals surface area contributed by atoms with Crippen molar-refractivity contribution in [1.82, 2.24) is 0 Å². The van der Waals surface area contributed by atoms with Gasteiger partial charge in [-0.2, -0.15) is 0 Å². The van der Waals surface area contributed by atoms with Crippen LogP contribution in [0, 0.1) is 11.8 Å². The predicted molar refractivity (Wildman–Crippen MR) is 55.5 cm³/mol. The summed E-state index contributed by atoms with van der Waals surface area (Å²) in [7, 11) is 0. The van der Waals surface area contributed by atoms with E-state index in [0.29, 0.717) is 5.92 Å². The Kier molecular flexibility index (Phi) is 3.76. The molecule has 1 saturated carbocycles. The predicted octanol–water partition coefficient (Wildman–Crippen LogP) is 1.03. The van der Waals surface area contributed by atoms with E-state index in [-0.39, 0.29) is 23.2 Å². The van der Waals surface area contributed by atoms with Gasteiger partial charge in [0, 0.05) is 19.1 Å². The molecule has 0 heterocycles. The van der Waals surface area contributed by atoms with Crippen molar-refractivity contribution in [3.8, 4) is 0 Å². The van der Waals surface area contributed by atoms with E-state index in [0.717, 1.165) is 6.42 Å². The van der Waals surface area contributed by atoms with Gasteiger partial charge in [0.2, 0.25) is 0 Å². The standard InChI is InChI=1S/C8H16O2S2/c1-11-8(12-2)3-6(4-9)7(8)5-10/h6-7,9-10H,3-5H2,1-2H3/t6-,7-/m1/s1. The van der Waals surface area contributed by atoms with E-state index < -0.39 is 0 Å². The van der Waals surface area contributed by atoms with Crippen molar-refractivity contribution < 1.29 is 10.2 Å². The van der Waals surface area contributed by atoms with Gasteiger partial charge in [-0.3, -0.25) is 0 Å². The Bertz CT molecular complexity index is 148. The monoisotopic (exact) mass is 208 g/mol. The third kappa shape index (κ3) is 1.50. The maximum atomic E-state index is 9.15. The Balaban J connectivity index is 2.58. The Morgan fingerprint density at radius 1 is 1.25 bits per heavy atom. The van der Waals surface area contributed by atoms with Crippen LogP contribution < -0.4 is 0 Å². The number of hydrogen-bond acceptors (Lipinski definition) is 4. The molecule has 1 fully saturated rings. The normalized spacial score (nSPS) is 33.0. The SMILES string of the molecule is CSC1(SC)C[C@H](CO)[C@H]1CO. The van der Waals surface area contributed by atoms with Crippen molar-refractivity contribution in [2.45, 2.75) is 10.5 Å². The van der Waals surface area contributed by atoms with Crippen LogP contribution >= 0.6 is 23.5 Å². The number of hydrogen-bond donors (Lipinski definition) is 2. The smallest absolute Gasteiger partial charge is 0.0662 e. The molecule has 2 atom stereocenters. The van der Waals surface area contributed by atoms with Crippen molar-refractivity contribution >= 4 is 23.5 Å². The van der Waals surface area contributed by atoms with Crippen LogP contribution in [0.3, 0.4) is 0 Å². The zero-order valence-corrected chi connectivity index (χ0v) is 9.12. The third-order valence-corrected chi connectivity index (χ3v) is 6.12. The van der Waals surface area contributed by atoms with E-state index >= 15 is 0 Å². The quantitative estimate of drug-likeness (QED) is 0.677. The van der Waals surface area contributed by atoms with Crippen LogP contribution in [0.2, 0.25) is 0 Å². The van der Waals surface area contributed by atoms with Crippen LogP contribution in [-0.2, 0) is 0 Å². The molecule has 2 N–H and O–H groups in total. The summed E-state index contributed by atoms with van der Waals surface area (Å²) in [6.07, 6.45) is 5.18. The first-order chi connectivity index (χ1) is 5.74. The van der Waals surface area contributed by atoms with E-state index in [2.05, 4.69) is 12.5 Å². The summed E-state index contributed by atoms with van der Waals surface area (Å²) in [5, 5.41) is 18.1. The van der Waals surface area contributed by atoms with Gasteiger partial charge in [0.1, 0.15) is 0 Å². The van der Waals surface area contributed by atoms with Crippen LogP contribution in [0.4, 0.5) is 0 Å². The molecule has 0 aromatic rings. The van der Waals surface area contributed by atoms with Gasteiger partial charge >= 0.3 is 0 Å². The maximum Gasteiger partial charge on any atom is 0.0662 e. The van der Waals surface area contributed by atoms with Crippen molar-refractivity contribution in [3.05, 3.63) is 0 Å². The molecule has 0 amide bonds. The summed E-state index contributed by atoms with van der Waals surface area (Å²) < 4.78 is 0.169. The van der Waals surface area contributed by atoms with E-state index in [1.807, 2.05) is 0 Å². The molecule has 0 spiro atoms. The van der Waals surface area contributed by atoms with Gasteiger partial charge in [0.25, 0.3) is 0 Å². The Hall–Kier alpha value is 0.620. The molecular weight excluding hydrogens is 192 g/mol. The average Bonchev–Trinajstić information content (AvgIpc) is 2.07. The fraction of sp³-hybridized carbons (Fsp3) is 1.00. The van der Waals surface area contributed by atoms with Gasteiger partial charge in [-0.15, -0.1) is 23.5 Å². The van der Waals surface area contributed by atoms with E-state index in [4.69, 9.17) is 10.2 Å². The van der Waals surface area contributed by atoms with Crippen molar-refractivity contribution in [1.29, 1.82) is 0 Å². The van der Waals surface area contributed by atoms with Gasteiger partial charge in [-0.25, -0.2) is 0 Å². The highest BCUT2D eigenvalue weighted by atomic mass is 32.2. The van der Waals surface area contributed by atoms with Crippen molar-refractivity contribution in [2.24, 2.45) is 11.8 Å². The largest absolute Gasteiger partial charge is 0.396 e. The number of rotatable bonds is 4. The molecule has 0 radical (unpaired) electrons. The van der Waals surface area contributed by atoms with Crippen molar-refractivity contribution in [3.63, 3.8) is 0 Å². The van der Waals surface area contributed by atoms with Crippen LogP contribution in [0.5, 0.6) is 0 Å². The molecule has 0 unspecified atom stereocenters. The van der Waals surface area contributed by atoms with Gasteiger partial charge in [-0.1, -0.05) is 0 Å². The molecule has 0 aliphatic heterocycles. The Morgan fingerprint density at radius 3 is 2.17 bits per heavy atom. The summed E-state index contributed by atoms with van der Waals surface area (Å²) in [6, 6.07) is 0. The summed E-state index contributed by atoms with van der Waals surface area (Å²) in [5.41, 5.74) is 0. The number of aliphatic hydroxyl groups is 2. The van der Waals surface area contributed by atoms with Gasteiger partial charge in [0.15, 0.2) is 0 Å². The molecule has 12 heavy (non-hydrogen) atoms. The third-order valence-electron chi connectivity index (χ3n) is 2.80. The second kappa shape index (κ2) is 4.22. The lowest BCUT2D eigenvalue weighted by Gasteiger charge is -2.52. The first kappa shape index (κ1) is 10.7. The highest BCUT2D eigenvalue weighted by Gasteiger charge is 2.52. The van der Waals surface area contributed by atoms with Crippen LogP contribution in [0.15, 0.2) is 0 Å². The summed E-state index contributed by atoms with van der Waals surface area (Å²) in [5.74, 6) is 0.586. The minimum atomic E-state index is 0.169. The lowest BCUT2D eigenvalue weighted by molar-refractivity contribution is 0.0416. The Labute approximate surface area is 82.1 Å². The van der Waals surface area contributed by atoms with Crippen LogP contribution in [-0.4, -0.2) is 40.0 Å². The van der Waals surface area contributed by atoms with Gasteiger partial charge in [0.05, 0.1) is 4.08 Å². The molecular formula is C8H16O2S2. The fourth-order valence-electron chi connectivity index (χ4n) is 1.89. The van der Waals surface area contributed by atoms with Gasteiger partial charge in [-0.05, 0) is 24.9 Å². The molecule has 0 saturated heterocycles. The first-order valence-corrected chi connectivity index (χ1v) is 6.51. The average molecular weight is 208 g/mol. The molecule has 1 aliphatic carbocycles. The Morgan fingerprint density at radius 2 is 1.83 bits per heavy atom. The minimum absolute atomic E-state index is 0.169. The molecule has 0 aromatic carbocycles. The molecule has 0 bridgehead atoms. The highest BCUT2D eigenvalue weighted by Crippen LogP contribution is 2.57. The molecule has 72 valence electrons.